The van der Waals surface area contributed by atoms with Crippen molar-refractivity contribution in [2.75, 3.05) is 32.1 Å². The molecule has 10 rings (SSSR count). The summed E-state index contributed by atoms with van der Waals surface area (Å²) in [5.74, 6) is -6.79. The lowest BCUT2D eigenvalue weighted by Gasteiger charge is -2.40. The fraction of sp³-hybridized carbons (Fsp3) is 0.415. The fourth-order valence-corrected chi connectivity index (χ4v) is 16.9. The van der Waals surface area contributed by atoms with Crippen molar-refractivity contribution in [1.82, 2.24) is 61.5 Å². The van der Waals surface area contributed by atoms with E-state index in [4.69, 9.17) is 44.4 Å². The van der Waals surface area contributed by atoms with Gasteiger partial charge in [-0.05, 0) is 88.3 Å². The molecule has 1 unspecified atom stereocenters. The van der Waals surface area contributed by atoms with Crippen LogP contribution in [-0.2, 0) is 40.1 Å². The Hall–Kier alpha value is -8.90. The van der Waals surface area contributed by atoms with Crippen LogP contribution in [0.1, 0.15) is 177 Å². The number of carboxylic acid groups (broad SMARTS) is 3. The number of ether oxygens (including phenoxy) is 2. The molecule has 34 heteroatoms. The monoisotopic (exact) mass is 1470 g/mol. The number of methoxy groups -OCH3 is 1. The Morgan fingerprint density at radius 1 is 0.677 bits per heavy atom. The van der Waals surface area contributed by atoms with E-state index in [0.717, 1.165) is 56.7 Å². The number of nitrogens with one attached hydrogen (secondary N) is 5. The van der Waals surface area contributed by atoms with E-state index in [1.54, 1.807) is 70.9 Å². The van der Waals surface area contributed by atoms with Gasteiger partial charge in [-0.1, -0.05) is 44.2 Å². The second-order valence-electron chi connectivity index (χ2n) is 23.9. The molecule has 7 aromatic heterocycles. The number of thiazole rings is 6. The zero-order valence-electron chi connectivity index (χ0n) is 54.2. The number of aliphatic carboxylic acids is 3. The maximum atomic E-state index is 14.6. The van der Waals surface area contributed by atoms with E-state index in [0.29, 0.717) is 75.8 Å². The molecule has 0 spiro atoms. The van der Waals surface area contributed by atoms with Crippen LogP contribution in [0.15, 0.2) is 64.0 Å². The highest BCUT2D eigenvalue weighted by Gasteiger charge is 2.42. The number of unbranched alkanes of at least 4 members (excludes halogenated alkanes) is 2. The molecule has 28 nitrogen and oxygen atoms in total. The third kappa shape index (κ3) is 17.9. The van der Waals surface area contributed by atoms with Crippen LogP contribution >= 0.6 is 68.0 Å². The summed E-state index contributed by atoms with van der Waals surface area (Å²) < 4.78 is 11.8. The third-order valence-electron chi connectivity index (χ3n) is 16.6. The minimum absolute atomic E-state index is 0.00586. The number of benzene rings is 1. The second kappa shape index (κ2) is 32.8. The quantitative estimate of drug-likeness (QED) is 0.0302. The lowest BCUT2D eigenvalue weighted by atomic mass is 9.76. The van der Waals surface area contributed by atoms with Crippen LogP contribution in [0.2, 0.25) is 0 Å². The normalized spacial score (nSPS) is 18.7. The Morgan fingerprint density at radius 3 is 2.06 bits per heavy atom. The van der Waals surface area contributed by atoms with Gasteiger partial charge in [0.25, 0.3) is 17.7 Å². The van der Waals surface area contributed by atoms with Crippen molar-refractivity contribution in [3.05, 3.63) is 111 Å². The second-order valence-corrected chi connectivity index (χ2v) is 29.7. The van der Waals surface area contributed by atoms with Gasteiger partial charge in [0, 0.05) is 65.5 Å². The van der Waals surface area contributed by atoms with E-state index in [2.05, 4.69) is 26.6 Å². The molecule has 99 heavy (non-hydrogen) atoms. The number of hydrogen-bond acceptors (Lipinski definition) is 25. The van der Waals surface area contributed by atoms with Gasteiger partial charge in [-0.2, -0.15) is 0 Å². The maximum absolute atomic E-state index is 14.6. The van der Waals surface area contributed by atoms with Crippen molar-refractivity contribution in [2.24, 2.45) is 11.8 Å². The van der Waals surface area contributed by atoms with E-state index in [-0.39, 0.29) is 117 Å². The number of rotatable bonds is 21. The molecule has 522 valence electrons. The number of carbonyl (C=O) groups is 9. The smallest absolute Gasteiger partial charge is 0.416 e. The van der Waals surface area contributed by atoms with Crippen LogP contribution in [0.25, 0.3) is 43.4 Å². The average molecular weight is 1470 g/mol. The minimum Gasteiger partial charge on any atom is -0.481 e. The molecular weight excluding hydrogens is 1400 g/mol. The first-order valence-corrected chi connectivity index (χ1v) is 36.8. The van der Waals surface area contributed by atoms with Gasteiger partial charge in [-0.3, -0.25) is 43.3 Å². The predicted molar refractivity (Wildman–Crippen MR) is 371 cm³/mol. The molecule has 9 N–H and O–H groups in total. The first-order chi connectivity index (χ1) is 47.5. The van der Waals surface area contributed by atoms with E-state index in [9.17, 15) is 63.6 Å². The molecule has 0 saturated heterocycles. The molecule has 1 aliphatic heterocycles. The molecule has 1 saturated carbocycles. The van der Waals surface area contributed by atoms with Crippen molar-refractivity contribution in [2.45, 2.75) is 134 Å². The van der Waals surface area contributed by atoms with Crippen LogP contribution in [0.4, 0.5) is 10.6 Å². The third-order valence-corrected chi connectivity index (χ3v) is 22.3. The summed E-state index contributed by atoms with van der Waals surface area (Å²) in [6.45, 7) is 4.84. The van der Waals surface area contributed by atoms with Crippen molar-refractivity contribution in [3.63, 3.8) is 0 Å². The van der Waals surface area contributed by atoms with Crippen molar-refractivity contribution in [1.29, 1.82) is 0 Å². The number of anilines is 1. The van der Waals surface area contributed by atoms with E-state index >= 15 is 0 Å². The molecule has 1 aromatic carbocycles. The number of fused-ring (bicyclic) bond motifs is 14. The zero-order valence-corrected chi connectivity index (χ0v) is 59.1. The van der Waals surface area contributed by atoms with E-state index in [1.165, 1.54) is 30.4 Å². The number of amides is 6. The standard InChI is InChI=1S/C65H71N13O15S6/c1-32(2)48-62-77-51(42(99-62)27-92-5)55(87)67-26-45(80)74-52(53(85)34-13-7-6-8-14-34)61-72-41(30-96-61)59-70-39(28-95-59)50-36(57-71-40(29-94-57)54(86)69-38(25-44(79)66-4)60-76-49(33(3)98-60)56(88)75-48)17-18-37(68-50)58-73-43(31-97-58)78(24-12-10-16-47(83)84)64(91)93-65(21-11-9-15-46(81)82)22-19-35(20-23-65)63(89)90/h6-8,13-14,17-18,28-32,35,38,48,52-53,85H,9-12,15-16,19-27H2,1-5H3,(H,66,79)(H,67,87)(H,69,86)(H,74,80)(H,75,88)(H,81,82)(H,83,84)(H,89,90)/t35?,38-,48?,52-,53-,65?/m0/s1. The van der Waals surface area contributed by atoms with Crippen molar-refractivity contribution >= 4 is 127 Å². The highest BCUT2D eigenvalue weighted by atomic mass is 32.1. The molecule has 1 aliphatic carbocycles. The molecule has 8 heterocycles. The molecule has 10 bridgehead atoms. The summed E-state index contributed by atoms with van der Waals surface area (Å²) in [7, 11) is 2.91. The minimum atomic E-state index is -1.33. The van der Waals surface area contributed by atoms with Crippen LogP contribution in [0.3, 0.4) is 0 Å². The van der Waals surface area contributed by atoms with Crippen LogP contribution in [0.5, 0.6) is 0 Å². The number of carbonyl (C=O) groups excluding carboxylic acids is 6. The zero-order chi connectivity index (χ0) is 70.7. The number of aromatic nitrogens is 7. The Bertz CT molecular complexity index is 4270. The molecule has 0 radical (unpaired) electrons. The van der Waals surface area contributed by atoms with Crippen LogP contribution < -0.4 is 31.5 Å². The molecule has 8 aromatic rings. The van der Waals surface area contributed by atoms with E-state index in [1.807, 2.05) is 13.8 Å². The lowest BCUT2D eigenvalue weighted by molar-refractivity contribution is -0.145. The Labute approximate surface area is 591 Å². The Balaban J connectivity index is 1.04. The highest BCUT2D eigenvalue weighted by Crippen LogP contribution is 2.43. The van der Waals surface area contributed by atoms with Crippen LogP contribution in [0, 0.1) is 18.8 Å². The first-order valence-electron chi connectivity index (χ1n) is 31.6. The number of pyridine rings is 1. The fourth-order valence-electron chi connectivity index (χ4n) is 11.3. The average Bonchev–Trinajstić information content (AvgIpc) is 1.74. The topological polar surface area (TPSA) is 407 Å². The Morgan fingerprint density at radius 2 is 1.35 bits per heavy atom. The summed E-state index contributed by atoms with van der Waals surface area (Å²) in [4.78, 5) is 156. The Kier molecular flexibility index (Phi) is 24.2. The van der Waals surface area contributed by atoms with Gasteiger partial charge in [0.15, 0.2) is 0 Å². The summed E-state index contributed by atoms with van der Waals surface area (Å²) in [6, 6.07) is 9.14. The van der Waals surface area contributed by atoms with E-state index < -0.39 is 95.8 Å². The number of aliphatic hydroxyl groups excluding tert-OH is 1. The summed E-state index contributed by atoms with van der Waals surface area (Å²) in [5.41, 5.74) is 1.03. The molecule has 2 aliphatic rings. The van der Waals surface area contributed by atoms with Crippen molar-refractivity contribution < 1.29 is 73.1 Å². The summed E-state index contributed by atoms with van der Waals surface area (Å²) >= 11 is 6.90. The lowest BCUT2D eigenvalue weighted by Crippen LogP contribution is -2.45. The molecule has 4 atom stereocenters. The highest BCUT2D eigenvalue weighted by molar-refractivity contribution is 7.15. The van der Waals surface area contributed by atoms with Gasteiger partial charge < -0.3 is 56.5 Å². The van der Waals surface area contributed by atoms with Gasteiger partial charge in [-0.25, -0.2) is 39.7 Å². The van der Waals surface area contributed by atoms with Gasteiger partial charge in [0.2, 0.25) is 11.8 Å². The summed E-state index contributed by atoms with van der Waals surface area (Å²) in [6.07, 6.45) is -0.304. The number of aryl methyl sites for hydroxylation is 1. The summed E-state index contributed by atoms with van der Waals surface area (Å²) in [5, 5.41) is 63.4. The largest absolute Gasteiger partial charge is 0.481 e. The maximum Gasteiger partial charge on any atom is 0.416 e. The van der Waals surface area contributed by atoms with Gasteiger partial charge >= 0.3 is 24.0 Å². The molecule has 1 fully saturated rings. The van der Waals surface area contributed by atoms with Crippen LogP contribution in [-0.4, -0.2) is 142 Å². The van der Waals surface area contributed by atoms with Gasteiger partial charge in [0.1, 0.15) is 87.8 Å². The predicted octanol–water partition coefficient (Wildman–Crippen LogP) is 10.2. The molecular formula is C65H71N13O15S6. The molecule has 6 amide bonds. The number of nitrogens with zero attached hydrogens (tertiary/aromatic N) is 8. The van der Waals surface area contributed by atoms with Gasteiger partial charge in [0.05, 0.1) is 48.1 Å². The SMILES string of the molecule is CNC(=O)C[C@@H]1NC(=O)c2csc(n2)-c2ccc(-c3nc(N(CCCCC(=O)O)C(=O)OC4(CCCCC(=O)O)CCC(C(=O)O)CC4)cs3)nc2-c2csc(n2)-c2csc(n2)[C@H]([C@@H](O)c2ccccc2)NC(=O)CNC(=O)c2nc(sc2COC)C(C(C)C)NC(=O)c2nc1sc2C. The first kappa shape index (κ1) is 72.8. The van der Waals surface area contributed by atoms with Crippen molar-refractivity contribution in [3.8, 4) is 43.4 Å². The number of hydrogen-bond donors (Lipinski definition) is 9. The number of aliphatic hydroxyl groups is 1. The number of carboxylic acids is 3. The van der Waals surface area contributed by atoms with Gasteiger partial charge in [-0.15, -0.1) is 68.0 Å².